The van der Waals surface area contributed by atoms with Crippen LogP contribution in [0.2, 0.25) is 0 Å². The number of carboxylic acids is 1. The summed E-state index contributed by atoms with van der Waals surface area (Å²) in [6, 6.07) is -4.62. The third-order valence-corrected chi connectivity index (χ3v) is 22.1. The van der Waals surface area contributed by atoms with Crippen molar-refractivity contribution in [2.75, 3.05) is 68.8 Å². The number of amides is 15. The zero-order chi connectivity index (χ0) is 81.4. The summed E-state index contributed by atoms with van der Waals surface area (Å²) in [5.74, 6) is -18.9. The highest BCUT2D eigenvalue weighted by Gasteiger charge is 2.45. The van der Waals surface area contributed by atoms with Crippen LogP contribution in [0.15, 0.2) is 60.9 Å². The molecule has 4 aromatic rings. The highest BCUT2D eigenvalue weighted by molar-refractivity contribution is 8.00. The van der Waals surface area contributed by atoms with E-state index >= 15 is 9.59 Å². The van der Waals surface area contributed by atoms with Gasteiger partial charge in [-0.1, -0.05) is 64.1 Å². The Bertz CT molecular complexity index is 4210. The number of rotatable bonds is 11. The first-order chi connectivity index (χ1) is 53.2. The molecule has 112 heavy (non-hydrogen) atoms. The lowest BCUT2D eigenvalue weighted by Gasteiger charge is -2.35. The number of primary amides is 1. The van der Waals surface area contributed by atoms with Crippen molar-refractivity contribution in [3.8, 4) is 0 Å². The number of aliphatic hydroxyl groups excluding tert-OH is 1. The van der Waals surface area contributed by atoms with Crippen molar-refractivity contribution in [3.05, 3.63) is 72.1 Å². The molecule has 2 aromatic carbocycles. The van der Waals surface area contributed by atoms with Crippen molar-refractivity contribution in [3.63, 3.8) is 0 Å². The lowest BCUT2D eigenvalue weighted by Crippen LogP contribution is -2.65. The molecule has 1 unspecified atom stereocenters. The van der Waals surface area contributed by atoms with Gasteiger partial charge < -0.3 is 110 Å². The van der Waals surface area contributed by atoms with Gasteiger partial charge in [-0.2, -0.15) is 0 Å². The fraction of sp³-hybridized carbons (Fsp3) is 0.556. The van der Waals surface area contributed by atoms with Crippen LogP contribution in [0, 0.1) is 11.8 Å². The Balaban J connectivity index is 1.09. The van der Waals surface area contributed by atoms with Crippen molar-refractivity contribution in [2.24, 2.45) is 23.3 Å². The normalized spacial score (nSPS) is 28.1. The summed E-state index contributed by atoms with van der Waals surface area (Å²) in [6.45, 7) is 4.11. The van der Waals surface area contributed by atoms with Crippen LogP contribution >= 0.6 is 23.5 Å². The summed E-state index contributed by atoms with van der Waals surface area (Å²) in [4.78, 5) is 238. The van der Waals surface area contributed by atoms with Crippen LogP contribution in [0.1, 0.15) is 84.3 Å². The van der Waals surface area contributed by atoms with Gasteiger partial charge in [0.05, 0.1) is 49.7 Å². The predicted molar refractivity (Wildman–Crippen MR) is 406 cm³/mol. The monoisotopic (exact) mass is 1600 g/mol. The van der Waals surface area contributed by atoms with Gasteiger partial charge in [-0.25, -0.2) is 0 Å². The van der Waals surface area contributed by atoms with E-state index in [-0.39, 0.29) is 69.7 Å². The standard InChI is InChI=1S/C72H99N19O19S2/c1-35(2)57-69(107)82-47(24-56(96)97)62(100)77-28-53(93)79-45(22-38-25-75-42-14-8-6-12-40(38)42)64(102)87-58(36(3)4)71(109)91-19-11-17-51(91)68(106)84-49(60(74)98)29-111-31-54(94)89-20-21-90-34-72(110,33-89)78-27-48(66(104)81-46(65(103)86-57)23-39-26-76-43-15-9-7-13-41(39)43)83-63(101)44-16-10-18-52(92)59(70(108)80-44)88-67(105)50(30-112-32-55(90)95)85-61(99)37(5)73/h6-9,12-15,25-26,35-37,44-52,57-59,75-76,78,92,110H,10-11,16-24,27-34,73H2,1-5H3,(H2,74,98)(H,77,100)(H,79,93)(H,80,108)(H,81,104)(H,82,107)(H,83,101)(H,84,106)(H,85,99)(H,86,103)(H,87,102)(H,88,105)(H,96,97)/t37-,44-,45-,46-,47-,48-,49-,50-,51-,52+,57-,58-,59-,72?/m0/s1. The molecule has 40 heteroatoms. The minimum Gasteiger partial charge on any atom is -0.481 e. The van der Waals surface area contributed by atoms with Crippen molar-refractivity contribution in [1.82, 2.24) is 88.5 Å². The largest absolute Gasteiger partial charge is 0.481 e. The van der Waals surface area contributed by atoms with Gasteiger partial charge in [-0.15, -0.1) is 23.5 Å². The Morgan fingerprint density at radius 3 is 1.72 bits per heavy atom. The first-order valence-corrected chi connectivity index (χ1v) is 39.3. The molecule has 0 saturated carbocycles. The molecule has 38 nitrogen and oxygen atoms in total. The van der Waals surface area contributed by atoms with E-state index in [1.807, 2.05) is 0 Å². The minimum atomic E-state index is -2.43. The molecule has 5 fully saturated rings. The number of aromatic amines is 2. The number of fused-ring (bicyclic) bond motifs is 10. The highest BCUT2D eigenvalue weighted by atomic mass is 32.2. The molecule has 5 aliphatic rings. The molecule has 21 N–H and O–H groups in total. The molecule has 0 radical (unpaired) electrons. The highest BCUT2D eigenvalue weighted by Crippen LogP contribution is 2.26. The van der Waals surface area contributed by atoms with E-state index < -0.39 is 235 Å². The number of aliphatic carboxylic acids is 1. The number of nitrogens with zero attached hydrogens (tertiary/aromatic N) is 3. The molecule has 608 valence electrons. The number of H-pyrrole nitrogens is 2. The van der Waals surface area contributed by atoms with E-state index in [0.717, 1.165) is 23.5 Å². The van der Waals surface area contributed by atoms with Crippen LogP contribution < -0.4 is 75.3 Å². The van der Waals surface area contributed by atoms with Crippen LogP contribution in [-0.4, -0.2) is 288 Å². The molecule has 7 heterocycles. The molecule has 15 amide bonds. The number of nitrogens with one attached hydrogen (secondary N) is 14. The number of carbonyl (C=O) groups excluding carboxylic acids is 15. The molecule has 6 bridgehead atoms. The quantitative estimate of drug-likeness (QED) is 0.0665. The number of carboxylic acid groups (broad SMARTS) is 1. The summed E-state index contributed by atoms with van der Waals surface area (Å²) < 4.78 is 0. The van der Waals surface area contributed by atoms with Gasteiger partial charge >= 0.3 is 5.97 Å². The van der Waals surface area contributed by atoms with E-state index in [1.54, 1.807) is 74.8 Å². The number of para-hydroxylation sites is 2. The summed E-state index contributed by atoms with van der Waals surface area (Å²) in [5.41, 5.74) is 11.6. The summed E-state index contributed by atoms with van der Waals surface area (Å²) in [6.07, 6.45) is 0.0856. The number of hydrogen-bond acceptors (Lipinski definition) is 22. The first kappa shape index (κ1) is 85.6. The Labute approximate surface area is 651 Å². The van der Waals surface area contributed by atoms with Crippen molar-refractivity contribution < 1.29 is 92.0 Å². The van der Waals surface area contributed by atoms with E-state index in [9.17, 15) is 82.4 Å². The maximum Gasteiger partial charge on any atom is 0.305 e. The molecular formula is C72H99N19O19S2. The Kier molecular flexibility index (Phi) is 29.6. The second-order valence-electron chi connectivity index (χ2n) is 29.3. The van der Waals surface area contributed by atoms with E-state index in [2.05, 4.69) is 73.8 Å². The zero-order valence-corrected chi connectivity index (χ0v) is 64.2. The van der Waals surface area contributed by atoms with Crippen LogP contribution in [0.4, 0.5) is 0 Å². The van der Waals surface area contributed by atoms with E-state index in [1.165, 1.54) is 35.5 Å². The van der Waals surface area contributed by atoms with Crippen molar-refractivity contribution in [2.45, 2.75) is 170 Å². The van der Waals surface area contributed by atoms with E-state index in [0.29, 0.717) is 39.4 Å². The smallest absolute Gasteiger partial charge is 0.305 e. The molecule has 5 saturated heterocycles. The number of aromatic nitrogens is 2. The fourth-order valence-corrected chi connectivity index (χ4v) is 15.7. The minimum absolute atomic E-state index is 0.0192. The average molecular weight is 1600 g/mol. The first-order valence-electron chi connectivity index (χ1n) is 37.0. The topological polar surface area (TPSA) is 572 Å². The second-order valence-corrected chi connectivity index (χ2v) is 31.4. The number of thioether (sulfide) groups is 2. The second kappa shape index (κ2) is 38.7. The maximum atomic E-state index is 15.5. The summed E-state index contributed by atoms with van der Waals surface area (Å²) in [5, 5.41) is 66.6. The average Bonchev–Trinajstić information content (AvgIpc) is 1.69. The number of carbonyl (C=O) groups is 16. The van der Waals surface area contributed by atoms with Gasteiger partial charge in [0.2, 0.25) is 88.6 Å². The maximum absolute atomic E-state index is 15.5. The summed E-state index contributed by atoms with van der Waals surface area (Å²) >= 11 is 1.70. The lowest BCUT2D eigenvalue weighted by atomic mass is 9.97. The number of benzene rings is 2. The van der Waals surface area contributed by atoms with Gasteiger partial charge in [0.15, 0.2) is 5.72 Å². The van der Waals surface area contributed by atoms with Crippen LogP contribution in [-0.2, 0) is 89.6 Å². The lowest BCUT2D eigenvalue weighted by molar-refractivity contribution is -0.143. The molecule has 14 atom stereocenters. The van der Waals surface area contributed by atoms with Crippen LogP contribution in [0.5, 0.6) is 0 Å². The number of nitrogens with two attached hydrogens (primary N) is 2. The predicted octanol–water partition coefficient (Wildman–Crippen LogP) is -6.00. The molecule has 9 rings (SSSR count). The van der Waals surface area contributed by atoms with Gasteiger partial charge in [0.25, 0.3) is 0 Å². The van der Waals surface area contributed by atoms with Gasteiger partial charge in [0.1, 0.15) is 66.5 Å². The molecule has 0 aliphatic carbocycles. The van der Waals surface area contributed by atoms with Gasteiger partial charge in [-0.05, 0) is 74.1 Å². The molecule has 5 aliphatic heterocycles. The Morgan fingerprint density at radius 1 is 0.589 bits per heavy atom. The fourth-order valence-electron chi connectivity index (χ4n) is 13.8. The number of aliphatic hydroxyl groups is 2. The summed E-state index contributed by atoms with van der Waals surface area (Å²) in [7, 11) is 0. The molecule has 0 spiro atoms. The van der Waals surface area contributed by atoms with Gasteiger partial charge in [0, 0.05) is 84.7 Å². The Hall–Kier alpha value is -10.4. The van der Waals surface area contributed by atoms with Crippen molar-refractivity contribution in [1.29, 1.82) is 0 Å². The Morgan fingerprint density at radius 2 is 1.14 bits per heavy atom. The SMILES string of the molecule is CC(C)[C@@H]1NC(=O)[C@H](Cc2c[nH]c3ccccc23)NC(=O)[C@@H]2CNC3(O)CN(CCN(C3)C(=O)CSC[C@H](NC(=O)[C@H](C)N)C(=O)N[C@@H]3C(=O)N[C@@H](CCC[C@H]3O)C(=O)N2)C(=O)CSC[C@@H](C(N)=O)NC(=O)[C@@H]2CCCN2C(=O)[C@H](C(C)C)NC(=O)[C@H](Cc2c[nH]c3ccccc23)NC(=O)CNC(=O)[C@H](CC(=O)O)NC1=O. The van der Waals surface area contributed by atoms with Crippen molar-refractivity contribution >= 4 is 140 Å². The number of hydrogen-bond donors (Lipinski definition) is 19. The van der Waals surface area contributed by atoms with Crippen LogP contribution in [0.3, 0.4) is 0 Å². The van der Waals surface area contributed by atoms with Crippen LogP contribution in [0.25, 0.3) is 21.8 Å². The van der Waals surface area contributed by atoms with E-state index in [4.69, 9.17) is 11.5 Å². The third kappa shape index (κ3) is 22.5. The van der Waals surface area contributed by atoms with Gasteiger partial charge in [-0.3, -0.25) is 82.0 Å². The zero-order valence-electron chi connectivity index (χ0n) is 62.6. The molecular weight excluding hydrogens is 1500 g/mol. The third-order valence-electron chi connectivity index (χ3n) is 20.1. The molecule has 2 aromatic heterocycles.